The Hall–Kier alpha value is -4.04. The standard InChI is InChI=1S/C25H22N4O3S/c1-15-5-4-6-16(2)22(15)27-25(33)28-26-14-17-7-12-20-21(13-17)24(31)29(23(20)30)18-8-10-19(32-3)11-9-18/h4-14H,1-3H3,(H2,27,28,33)/b26-14+. The summed E-state index contributed by atoms with van der Waals surface area (Å²) in [7, 11) is 1.56. The van der Waals surface area contributed by atoms with Crippen molar-refractivity contribution in [1.82, 2.24) is 5.43 Å². The van der Waals surface area contributed by atoms with Crippen LogP contribution in [0, 0.1) is 13.8 Å². The molecule has 166 valence electrons. The van der Waals surface area contributed by atoms with Gasteiger partial charge in [-0.1, -0.05) is 24.3 Å². The van der Waals surface area contributed by atoms with Crippen molar-refractivity contribution in [1.29, 1.82) is 0 Å². The zero-order chi connectivity index (χ0) is 23.5. The van der Waals surface area contributed by atoms with Crippen LogP contribution in [0.25, 0.3) is 0 Å². The number of thiocarbonyl (C=S) groups is 1. The number of aryl methyl sites for hydroxylation is 2. The first-order chi connectivity index (χ1) is 15.9. The minimum absolute atomic E-state index is 0.330. The molecule has 33 heavy (non-hydrogen) atoms. The molecule has 4 rings (SSSR count). The predicted molar refractivity (Wildman–Crippen MR) is 133 cm³/mol. The second kappa shape index (κ2) is 9.22. The van der Waals surface area contributed by atoms with Gasteiger partial charge in [-0.15, -0.1) is 0 Å². The number of methoxy groups -OCH3 is 1. The molecule has 0 saturated heterocycles. The van der Waals surface area contributed by atoms with Gasteiger partial charge in [-0.2, -0.15) is 5.10 Å². The van der Waals surface area contributed by atoms with Gasteiger partial charge < -0.3 is 10.1 Å². The maximum absolute atomic E-state index is 12.9. The molecule has 0 bridgehead atoms. The number of carbonyl (C=O) groups excluding carboxylic acids is 2. The van der Waals surface area contributed by atoms with Crippen molar-refractivity contribution in [3.05, 3.63) is 88.5 Å². The number of carbonyl (C=O) groups is 2. The summed E-state index contributed by atoms with van der Waals surface area (Å²) >= 11 is 5.32. The maximum Gasteiger partial charge on any atom is 0.266 e. The van der Waals surface area contributed by atoms with Crippen molar-refractivity contribution in [2.45, 2.75) is 13.8 Å². The number of hydrogen-bond acceptors (Lipinski definition) is 5. The van der Waals surface area contributed by atoms with Crippen LogP contribution in [0.2, 0.25) is 0 Å². The van der Waals surface area contributed by atoms with Gasteiger partial charge in [0.25, 0.3) is 11.8 Å². The Morgan fingerprint density at radius 1 is 0.970 bits per heavy atom. The van der Waals surface area contributed by atoms with Gasteiger partial charge >= 0.3 is 0 Å². The van der Waals surface area contributed by atoms with Crippen LogP contribution in [0.15, 0.2) is 65.8 Å². The van der Waals surface area contributed by atoms with E-state index in [1.54, 1.807) is 55.8 Å². The lowest BCUT2D eigenvalue weighted by atomic mass is 10.1. The van der Waals surface area contributed by atoms with Crippen molar-refractivity contribution in [3.63, 3.8) is 0 Å². The van der Waals surface area contributed by atoms with Crippen molar-refractivity contribution in [2.24, 2.45) is 5.10 Å². The number of para-hydroxylation sites is 1. The first kappa shape index (κ1) is 22.2. The summed E-state index contributed by atoms with van der Waals surface area (Å²) in [5.41, 5.74) is 7.70. The number of fused-ring (bicyclic) bond motifs is 1. The van der Waals surface area contributed by atoms with Gasteiger partial charge in [0.1, 0.15) is 5.75 Å². The monoisotopic (exact) mass is 458 g/mol. The Balaban J connectivity index is 1.46. The first-order valence-electron chi connectivity index (χ1n) is 10.2. The molecule has 0 saturated carbocycles. The zero-order valence-corrected chi connectivity index (χ0v) is 19.2. The lowest BCUT2D eigenvalue weighted by molar-refractivity contribution is 0.0926. The van der Waals surface area contributed by atoms with Gasteiger partial charge in [-0.25, -0.2) is 4.90 Å². The van der Waals surface area contributed by atoms with E-state index in [9.17, 15) is 9.59 Å². The first-order valence-corrected chi connectivity index (χ1v) is 10.6. The van der Waals surface area contributed by atoms with Gasteiger partial charge in [0, 0.05) is 5.69 Å². The molecule has 1 aliphatic rings. The van der Waals surface area contributed by atoms with Gasteiger partial charge in [-0.3, -0.25) is 15.0 Å². The van der Waals surface area contributed by atoms with Crippen LogP contribution in [0.4, 0.5) is 11.4 Å². The van der Waals surface area contributed by atoms with Crippen molar-refractivity contribution in [3.8, 4) is 5.75 Å². The summed E-state index contributed by atoms with van der Waals surface area (Å²) in [4.78, 5) is 26.9. The summed E-state index contributed by atoms with van der Waals surface area (Å²) in [5, 5.41) is 7.65. The number of hydrazone groups is 1. The molecule has 2 amide bonds. The van der Waals surface area contributed by atoms with Gasteiger partial charge in [0.05, 0.1) is 30.1 Å². The van der Waals surface area contributed by atoms with E-state index in [0.29, 0.717) is 33.2 Å². The van der Waals surface area contributed by atoms with Crippen LogP contribution in [0.3, 0.4) is 0 Å². The number of amides is 2. The zero-order valence-electron chi connectivity index (χ0n) is 18.4. The highest BCUT2D eigenvalue weighted by Gasteiger charge is 2.36. The molecule has 0 unspecified atom stereocenters. The third-order valence-corrected chi connectivity index (χ3v) is 5.53. The Bertz CT molecular complexity index is 1270. The molecular weight excluding hydrogens is 436 g/mol. The highest BCUT2D eigenvalue weighted by atomic mass is 32.1. The van der Waals surface area contributed by atoms with Crippen LogP contribution in [0.5, 0.6) is 5.75 Å². The van der Waals surface area contributed by atoms with Crippen molar-refractivity contribution < 1.29 is 14.3 Å². The van der Waals surface area contributed by atoms with E-state index in [4.69, 9.17) is 17.0 Å². The molecule has 0 fully saturated rings. The average molecular weight is 459 g/mol. The molecule has 0 aliphatic carbocycles. The molecule has 1 heterocycles. The molecule has 3 aromatic carbocycles. The van der Waals surface area contributed by atoms with E-state index in [2.05, 4.69) is 15.8 Å². The van der Waals surface area contributed by atoms with E-state index in [1.165, 1.54) is 0 Å². The molecule has 1 aliphatic heterocycles. The lowest BCUT2D eigenvalue weighted by Gasteiger charge is -2.14. The number of benzene rings is 3. The van der Waals surface area contributed by atoms with Gasteiger partial charge in [0.15, 0.2) is 5.11 Å². The Morgan fingerprint density at radius 2 is 1.64 bits per heavy atom. The van der Waals surface area contributed by atoms with Crippen molar-refractivity contribution >= 4 is 46.7 Å². The number of nitrogens with one attached hydrogen (secondary N) is 2. The van der Waals surface area contributed by atoms with Gasteiger partial charge in [-0.05, 0) is 79.2 Å². The van der Waals surface area contributed by atoms with Crippen LogP contribution >= 0.6 is 12.2 Å². The Morgan fingerprint density at radius 3 is 2.30 bits per heavy atom. The quantitative estimate of drug-likeness (QED) is 0.255. The fraction of sp³-hybridized carbons (Fsp3) is 0.120. The van der Waals surface area contributed by atoms with Crippen LogP contribution in [-0.4, -0.2) is 30.3 Å². The average Bonchev–Trinajstić information content (AvgIpc) is 3.06. The Labute approximate surface area is 197 Å². The lowest BCUT2D eigenvalue weighted by Crippen LogP contribution is -2.29. The number of imide groups is 1. The highest BCUT2D eigenvalue weighted by molar-refractivity contribution is 7.80. The smallest absolute Gasteiger partial charge is 0.266 e. The van der Waals surface area contributed by atoms with E-state index in [1.807, 2.05) is 32.0 Å². The minimum atomic E-state index is -0.379. The minimum Gasteiger partial charge on any atom is -0.497 e. The number of rotatable bonds is 5. The van der Waals surface area contributed by atoms with E-state index >= 15 is 0 Å². The van der Waals surface area contributed by atoms with Crippen LogP contribution in [0.1, 0.15) is 37.4 Å². The van der Waals surface area contributed by atoms with E-state index in [0.717, 1.165) is 21.7 Å². The molecule has 0 aromatic heterocycles. The summed E-state index contributed by atoms with van der Waals surface area (Å²) < 4.78 is 5.14. The Kier molecular flexibility index (Phi) is 6.19. The normalized spacial score (nSPS) is 12.8. The fourth-order valence-electron chi connectivity index (χ4n) is 3.62. The fourth-order valence-corrected chi connectivity index (χ4v) is 3.78. The molecule has 3 aromatic rings. The molecule has 2 N–H and O–H groups in total. The van der Waals surface area contributed by atoms with Crippen LogP contribution < -0.4 is 20.4 Å². The van der Waals surface area contributed by atoms with Crippen LogP contribution in [-0.2, 0) is 0 Å². The highest BCUT2D eigenvalue weighted by Crippen LogP contribution is 2.30. The number of hydrogen-bond donors (Lipinski definition) is 2. The molecular formula is C25H22N4O3S. The summed E-state index contributed by atoms with van der Waals surface area (Å²) in [5.74, 6) is -0.0947. The third-order valence-electron chi connectivity index (χ3n) is 5.34. The summed E-state index contributed by atoms with van der Waals surface area (Å²) in [6, 6.07) is 17.8. The molecule has 7 nitrogen and oxygen atoms in total. The third kappa shape index (κ3) is 4.47. The summed E-state index contributed by atoms with van der Waals surface area (Å²) in [6.07, 6.45) is 1.55. The number of anilines is 2. The topological polar surface area (TPSA) is 83.0 Å². The molecule has 8 heteroatoms. The largest absolute Gasteiger partial charge is 0.497 e. The predicted octanol–water partition coefficient (Wildman–Crippen LogP) is 4.43. The molecule has 0 radical (unpaired) electrons. The van der Waals surface area contributed by atoms with Crippen molar-refractivity contribution in [2.75, 3.05) is 17.3 Å². The summed E-state index contributed by atoms with van der Waals surface area (Å²) in [6.45, 7) is 4.00. The van der Waals surface area contributed by atoms with E-state index in [-0.39, 0.29) is 11.8 Å². The second-order valence-corrected chi connectivity index (χ2v) is 7.95. The number of ether oxygens (including phenoxy) is 1. The SMILES string of the molecule is COc1ccc(N2C(=O)c3ccc(/C=N/NC(=S)Nc4c(C)cccc4C)cc3C2=O)cc1. The maximum atomic E-state index is 12.9. The second-order valence-electron chi connectivity index (χ2n) is 7.54. The number of nitrogens with zero attached hydrogens (tertiary/aromatic N) is 2. The van der Waals surface area contributed by atoms with E-state index < -0.39 is 0 Å². The van der Waals surface area contributed by atoms with Gasteiger partial charge in [0.2, 0.25) is 0 Å². The molecule has 0 spiro atoms. The molecule has 0 atom stereocenters.